The van der Waals surface area contributed by atoms with Gasteiger partial charge >= 0.3 is 0 Å². The van der Waals surface area contributed by atoms with Gasteiger partial charge in [-0.3, -0.25) is 0 Å². The van der Waals surface area contributed by atoms with Crippen LogP contribution in [0.3, 0.4) is 0 Å². The molecule has 0 bridgehead atoms. The second-order valence-corrected chi connectivity index (χ2v) is 6.68. The molecule has 1 heterocycles. The zero-order chi connectivity index (χ0) is 11.5. The molecule has 0 aromatic heterocycles. The predicted molar refractivity (Wildman–Crippen MR) is 66.2 cm³/mol. The number of hydrogen-bond donors (Lipinski definition) is 0. The van der Waals surface area contributed by atoms with Crippen LogP contribution < -0.4 is 0 Å². The summed E-state index contributed by atoms with van der Waals surface area (Å²) in [4.78, 5) is 0. The molecule has 0 N–H and O–H groups in total. The first-order chi connectivity index (χ1) is 7.53. The molecule has 0 unspecified atom stereocenters. The Morgan fingerprint density at radius 1 is 1.38 bits per heavy atom. The second kappa shape index (κ2) is 3.35. The van der Waals surface area contributed by atoms with Gasteiger partial charge in [0, 0.05) is 0 Å². The van der Waals surface area contributed by atoms with Crippen LogP contribution in [0.2, 0.25) is 0 Å². The van der Waals surface area contributed by atoms with Crippen LogP contribution in [0.5, 0.6) is 0 Å². The molecule has 1 saturated heterocycles. The quantitative estimate of drug-likeness (QED) is 0.484. The van der Waals surface area contributed by atoms with Crippen LogP contribution in [0, 0.1) is 23.7 Å². The summed E-state index contributed by atoms with van der Waals surface area (Å²) in [6.45, 7) is 11.4. The minimum absolute atomic E-state index is 0.242. The summed E-state index contributed by atoms with van der Waals surface area (Å²) < 4.78 is 6.02. The van der Waals surface area contributed by atoms with Crippen molar-refractivity contribution in [1.29, 1.82) is 0 Å². The lowest BCUT2D eigenvalue weighted by atomic mass is 9.59. The molecule has 3 rings (SSSR count). The second-order valence-electron chi connectivity index (χ2n) is 6.68. The van der Waals surface area contributed by atoms with E-state index < -0.39 is 0 Å². The number of epoxide rings is 1. The smallest absolute Gasteiger partial charge is 0.0923 e. The van der Waals surface area contributed by atoms with Crippen LogP contribution in [-0.4, -0.2) is 11.7 Å². The highest BCUT2D eigenvalue weighted by Gasteiger charge is 2.63. The number of rotatable bonds is 1. The third-order valence-corrected chi connectivity index (χ3v) is 5.38. The molecular formula is C15H24O. The van der Waals surface area contributed by atoms with Crippen LogP contribution in [0.25, 0.3) is 0 Å². The van der Waals surface area contributed by atoms with Crippen LogP contribution >= 0.6 is 0 Å². The third kappa shape index (κ3) is 1.40. The van der Waals surface area contributed by atoms with E-state index in [2.05, 4.69) is 27.4 Å². The maximum atomic E-state index is 6.02. The van der Waals surface area contributed by atoms with Crippen molar-refractivity contribution in [3.63, 3.8) is 0 Å². The summed E-state index contributed by atoms with van der Waals surface area (Å²) >= 11 is 0. The topological polar surface area (TPSA) is 12.5 Å². The Bertz CT molecular complexity index is 319. The van der Waals surface area contributed by atoms with Crippen molar-refractivity contribution >= 4 is 0 Å². The molecule has 90 valence electrons. The van der Waals surface area contributed by atoms with Gasteiger partial charge in [0.15, 0.2) is 0 Å². The Morgan fingerprint density at radius 2 is 2.12 bits per heavy atom. The first kappa shape index (κ1) is 10.8. The number of ether oxygens (including phenoxy) is 1. The minimum Gasteiger partial charge on any atom is -0.366 e. The summed E-state index contributed by atoms with van der Waals surface area (Å²) in [5, 5.41) is 0. The molecule has 0 radical (unpaired) electrons. The molecule has 1 aliphatic heterocycles. The van der Waals surface area contributed by atoms with Crippen LogP contribution in [0.15, 0.2) is 12.2 Å². The monoisotopic (exact) mass is 220 g/mol. The van der Waals surface area contributed by atoms with Gasteiger partial charge in [-0.15, -0.1) is 0 Å². The molecule has 0 spiro atoms. The summed E-state index contributed by atoms with van der Waals surface area (Å²) in [5.74, 6) is 3.21. The summed E-state index contributed by atoms with van der Waals surface area (Å²) in [6.07, 6.45) is 5.72. The maximum Gasteiger partial charge on any atom is 0.0923 e. The lowest BCUT2D eigenvalue weighted by Gasteiger charge is -2.44. The van der Waals surface area contributed by atoms with E-state index in [4.69, 9.17) is 4.74 Å². The van der Waals surface area contributed by atoms with E-state index in [9.17, 15) is 0 Å². The van der Waals surface area contributed by atoms with Gasteiger partial charge in [-0.25, -0.2) is 0 Å². The summed E-state index contributed by atoms with van der Waals surface area (Å²) in [7, 11) is 0. The van der Waals surface area contributed by atoms with Gasteiger partial charge < -0.3 is 4.74 Å². The van der Waals surface area contributed by atoms with Crippen molar-refractivity contribution in [2.24, 2.45) is 23.7 Å². The van der Waals surface area contributed by atoms with Crippen molar-refractivity contribution in [2.75, 3.05) is 0 Å². The molecule has 1 heteroatoms. The van der Waals surface area contributed by atoms with Crippen molar-refractivity contribution in [2.45, 2.75) is 58.2 Å². The van der Waals surface area contributed by atoms with E-state index in [1.165, 1.54) is 31.3 Å². The molecule has 0 amide bonds. The molecule has 1 nitrogen and oxygen atoms in total. The first-order valence-corrected chi connectivity index (χ1v) is 6.88. The maximum absolute atomic E-state index is 6.02. The highest BCUT2D eigenvalue weighted by molar-refractivity contribution is 5.19. The van der Waals surface area contributed by atoms with Crippen molar-refractivity contribution in [3.05, 3.63) is 12.2 Å². The van der Waals surface area contributed by atoms with Gasteiger partial charge in [0.25, 0.3) is 0 Å². The Hall–Kier alpha value is -0.300. The zero-order valence-electron chi connectivity index (χ0n) is 10.8. The Morgan fingerprint density at radius 3 is 2.81 bits per heavy atom. The van der Waals surface area contributed by atoms with E-state index >= 15 is 0 Å². The van der Waals surface area contributed by atoms with Gasteiger partial charge in [-0.05, 0) is 56.3 Å². The molecule has 2 saturated carbocycles. The molecular weight excluding hydrogens is 196 g/mol. The predicted octanol–water partition coefficient (Wildman–Crippen LogP) is 3.79. The number of hydrogen-bond acceptors (Lipinski definition) is 1. The average Bonchev–Trinajstić information content (AvgIpc) is 2.90. The third-order valence-electron chi connectivity index (χ3n) is 5.38. The lowest BCUT2D eigenvalue weighted by molar-refractivity contribution is 0.109. The lowest BCUT2D eigenvalue weighted by Crippen LogP contribution is -2.41. The van der Waals surface area contributed by atoms with E-state index in [0.717, 1.165) is 23.7 Å². The van der Waals surface area contributed by atoms with Gasteiger partial charge in [-0.1, -0.05) is 26.0 Å². The SMILES string of the molecule is C=C1CC[C@H](C(C)C)[C@@H]2[C@@H]1CC[C@@]1(C)O[C@@H]21. The molecule has 0 aromatic rings. The summed E-state index contributed by atoms with van der Waals surface area (Å²) in [5.41, 5.74) is 1.76. The first-order valence-electron chi connectivity index (χ1n) is 6.88. The number of allylic oxidation sites excluding steroid dienone is 1. The van der Waals surface area contributed by atoms with Crippen molar-refractivity contribution < 1.29 is 4.74 Å². The van der Waals surface area contributed by atoms with Crippen LogP contribution in [0.1, 0.15) is 46.5 Å². The Kier molecular flexibility index (Phi) is 2.27. The van der Waals surface area contributed by atoms with Gasteiger partial charge in [0.1, 0.15) is 0 Å². The standard InChI is InChI=1S/C15H24O/c1-9(2)11-6-5-10(3)12-7-8-15(4)14(16-15)13(11)12/h9,11-14H,3,5-8H2,1-2,4H3/t11-,12-,13-,14+,15-/m1/s1. The normalized spacial score (nSPS) is 51.1. The molecule has 0 aromatic carbocycles. The fraction of sp³-hybridized carbons (Fsp3) is 0.867. The van der Waals surface area contributed by atoms with E-state index in [1.54, 1.807) is 0 Å². The van der Waals surface area contributed by atoms with E-state index in [0.29, 0.717) is 6.10 Å². The highest BCUT2D eigenvalue weighted by atomic mass is 16.6. The van der Waals surface area contributed by atoms with Gasteiger partial charge in [-0.2, -0.15) is 0 Å². The number of fused-ring (bicyclic) bond motifs is 3. The van der Waals surface area contributed by atoms with Crippen molar-refractivity contribution in [1.82, 2.24) is 0 Å². The average molecular weight is 220 g/mol. The van der Waals surface area contributed by atoms with Crippen LogP contribution in [-0.2, 0) is 4.74 Å². The Labute approximate surface area is 99.3 Å². The van der Waals surface area contributed by atoms with E-state index in [-0.39, 0.29) is 5.60 Å². The summed E-state index contributed by atoms with van der Waals surface area (Å²) in [6, 6.07) is 0. The fourth-order valence-corrected chi connectivity index (χ4v) is 4.30. The van der Waals surface area contributed by atoms with Gasteiger partial charge in [0.2, 0.25) is 0 Å². The molecule has 5 atom stereocenters. The molecule has 3 fully saturated rings. The van der Waals surface area contributed by atoms with Crippen LogP contribution in [0.4, 0.5) is 0 Å². The van der Waals surface area contributed by atoms with Gasteiger partial charge in [0.05, 0.1) is 11.7 Å². The van der Waals surface area contributed by atoms with Crippen molar-refractivity contribution in [3.8, 4) is 0 Å². The highest BCUT2D eigenvalue weighted by Crippen LogP contribution is 2.59. The Balaban J connectivity index is 1.88. The molecule has 3 aliphatic rings. The largest absolute Gasteiger partial charge is 0.366 e. The zero-order valence-corrected chi connectivity index (χ0v) is 10.8. The van der Waals surface area contributed by atoms with E-state index in [1.807, 2.05) is 0 Å². The molecule has 16 heavy (non-hydrogen) atoms. The fourth-order valence-electron chi connectivity index (χ4n) is 4.30. The molecule has 2 aliphatic carbocycles. The minimum atomic E-state index is 0.242.